The zero-order valence-electron chi connectivity index (χ0n) is 34.1. The van der Waals surface area contributed by atoms with Gasteiger partial charge in [0.05, 0.1) is 23.8 Å². The molecule has 0 atom stereocenters. The normalized spacial score (nSPS) is 11.4. The zero-order valence-corrected chi connectivity index (χ0v) is 35.8. The predicted molar refractivity (Wildman–Crippen MR) is 262 cm³/mol. The van der Waals surface area contributed by atoms with Crippen LogP contribution in [0.5, 0.6) is 0 Å². The summed E-state index contributed by atoms with van der Waals surface area (Å²) in [5.74, 6) is 2.09. The van der Waals surface area contributed by atoms with Crippen LogP contribution in [0.15, 0.2) is 205 Å². The van der Waals surface area contributed by atoms with Crippen molar-refractivity contribution in [1.82, 2.24) is 19.1 Å². The van der Waals surface area contributed by atoms with Crippen molar-refractivity contribution in [3.8, 4) is 44.8 Å². The van der Waals surface area contributed by atoms with Gasteiger partial charge in [-0.2, -0.15) is 0 Å². The van der Waals surface area contributed by atoms with E-state index in [4.69, 9.17) is 0 Å². The molecule has 0 bridgehead atoms. The topological polar surface area (TPSA) is 42.1 Å². The first kappa shape index (κ1) is 37.5. The van der Waals surface area contributed by atoms with E-state index in [1.165, 1.54) is 42.4 Å². The van der Waals surface area contributed by atoms with Crippen molar-refractivity contribution in [2.45, 2.75) is 0 Å². The van der Waals surface area contributed by atoms with Crippen molar-refractivity contribution in [1.29, 1.82) is 0 Å². The smallest absolute Gasteiger partial charge is 0.117 e. The molecule has 0 spiro atoms. The van der Waals surface area contributed by atoms with Gasteiger partial charge in [0.2, 0.25) is 0 Å². The van der Waals surface area contributed by atoms with E-state index in [1.807, 2.05) is 36.9 Å². The molecule has 0 fully saturated rings. The SMILES string of the molecule is Cn1c(-c2ccc(-c3ccc(N(c4ccc(-c5csc6ccccc56)cc4)c4cccnc4)n3C)cc2)ccc1N(c1ccc(-c2csc3ccccc23)cc1)c1cccnc1. The van der Waals surface area contributed by atoms with Gasteiger partial charge in [0.25, 0.3) is 0 Å². The van der Waals surface area contributed by atoms with Crippen LogP contribution in [-0.4, -0.2) is 19.1 Å². The molecule has 11 aromatic rings. The monoisotopic (exact) mass is 836 g/mol. The molecule has 0 aliphatic carbocycles. The van der Waals surface area contributed by atoms with Crippen LogP contribution in [0.4, 0.5) is 34.4 Å². The highest BCUT2D eigenvalue weighted by atomic mass is 32.1. The Morgan fingerprint density at radius 1 is 0.387 bits per heavy atom. The Bertz CT molecular complexity index is 3080. The van der Waals surface area contributed by atoms with Crippen molar-refractivity contribution < 1.29 is 0 Å². The van der Waals surface area contributed by atoms with E-state index >= 15 is 0 Å². The third-order valence-corrected chi connectivity index (χ3v) is 13.7. The molecule has 8 heteroatoms. The Labute approximate surface area is 368 Å². The molecule has 0 unspecified atom stereocenters. The number of benzene rings is 5. The highest BCUT2D eigenvalue weighted by Crippen LogP contribution is 2.42. The highest BCUT2D eigenvalue weighted by molar-refractivity contribution is 7.18. The van der Waals surface area contributed by atoms with E-state index in [9.17, 15) is 0 Å². The van der Waals surface area contributed by atoms with Gasteiger partial charge in [0.1, 0.15) is 11.6 Å². The zero-order chi connectivity index (χ0) is 41.6. The lowest BCUT2D eigenvalue weighted by atomic mass is 10.0. The molecule has 11 rings (SSSR count). The Kier molecular flexibility index (Phi) is 9.56. The molecule has 298 valence electrons. The van der Waals surface area contributed by atoms with Gasteiger partial charge >= 0.3 is 0 Å². The molecule has 0 amide bonds. The summed E-state index contributed by atoms with van der Waals surface area (Å²) in [4.78, 5) is 13.6. The molecule has 6 nitrogen and oxygen atoms in total. The van der Waals surface area contributed by atoms with Gasteiger partial charge in [-0.3, -0.25) is 19.8 Å². The maximum atomic E-state index is 4.50. The molecular formula is C54H40N6S2. The number of hydrogen-bond donors (Lipinski definition) is 0. The van der Waals surface area contributed by atoms with Crippen LogP contribution in [0.3, 0.4) is 0 Å². The Morgan fingerprint density at radius 3 is 1.19 bits per heavy atom. The first-order valence-electron chi connectivity index (χ1n) is 20.5. The van der Waals surface area contributed by atoms with Crippen LogP contribution in [0, 0.1) is 0 Å². The van der Waals surface area contributed by atoms with Gasteiger partial charge in [-0.15, -0.1) is 22.7 Å². The fourth-order valence-corrected chi connectivity index (χ4v) is 10.6. The summed E-state index contributed by atoms with van der Waals surface area (Å²) < 4.78 is 7.13. The van der Waals surface area contributed by atoms with Gasteiger partial charge in [-0.05, 0) is 118 Å². The van der Waals surface area contributed by atoms with E-state index in [2.05, 4.69) is 211 Å². The fraction of sp³-hybridized carbons (Fsp3) is 0.0370. The number of anilines is 6. The molecule has 0 aliphatic heterocycles. The first-order chi connectivity index (χ1) is 30.6. The highest BCUT2D eigenvalue weighted by Gasteiger charge is 2.21. The summed E-state index contributed by atoms with van der Waals surface area (Å²) in [7, 11) is 4.28. The van der Waals surface area contributed by atoms with Crippen LogP contribution < -0.4 is 9.80 Å². The van der Waals surface area contributed by atoms with Crippen LogP contribution in [0.25, 0.3) is 64.9 Å². The van der Waals surface area contributed by atoms with E-state index < -0.39 is 0 Å². The maximum Gasteiger partial charge on any atom is 0.117 e. The summed E-state index contributed by atoms with van der Waals surface area (Å²) in [6.07, 6.45) is 7.49. The van der Waals surface area contributed by atoms with Crippen LogP contribution in [-0.2, 0) is 14.1 Å². The van der Waals surface area contributed by atoms with Crippen LogP contribution in [0.1, 0.15) is 0 Å². The minimum atomic E-state index is 0.996. The lowest BCUT2D eigenvalue weighted by Gasteiger charge is -2.26. The average Bonchev–Trinajstić information content (AvgIpc) is 4.14. The van der Waals surface area contributed by atoms with Crippen molar-refractivity contribution in [3.05, 3.63) is 205 Å². The molecule has 0 saturated carbocycles. The summed E-state index contributed by atoms with van der Waals surface area (Å²) in [5, 5.41) is 7.09. The standard InChI is InChI=1S/C54H40N6S2/c1-57-49(27-29-53(57)59(43-9-7-31-55-33-43)41-23-19-37(20-24-41)47-35-61-51-13-5-3-11-45(47)51)39-15-17-40(18-16-39)50-28-30-54(58(50)2)60(44-10-8-32-56-34-44)42-25-21-38(22-26-42)48-36-62-52-14-6-4-12-46(48)52/h3-36H,1-2H3. The number of pyridine rings is 2. The summed E-state index contributed by atoms with van der Waals surface area (Å²) in [6, 6.07) is 60.9. The van der Waals surface area contributed by atoms with E-state index in [0.717, 1.165) is 56.9 Å². The van der Waals surface area contributed by atoms with Gasteiger partial charge in [-0.1, -0.05) is 84.9 Å². The predicted octanol–water partition coefficient (Wildman–Crippen LogP) is 15.2. The van der Waals surface area contributed by atoms with E-state index in [0.29, 0.717) is 0 Å². The molecule has 0 saturated heterocycles. The summed E-state index contributed by atoms with van der Waals surface area (Å²) in [5.41, 5.74) is 13.6. The Balaban J connectivity index is 0.890. The third-order valence-electron chi connectivity index (χ3n) is 11.8. The summed E-state index contributed by atoms with van der Waals surface area (Å²) in [6.45, 7) is 0. The lowest BCUT2D eigenvalue weighted by molar-refractivity contribution is 0.918. The largest absolute Gasteiger partial charge is 0.330 e. The molecule has 0 N–H and O–H groups in total. The molecule has 0 aliphatic rings. The third kappa shape index (κ3) is 6.66. The fourth-order valence-electron chi connectivity index (χ4n) is 8.62. The molecule has 6 heterocycles. The lowest BCUT2D eigenvalue weighted by Crippen LogP contribution is -2.14. The average molecular weight is 837 g/mol. The van der Waals surface area contributed by atoms with Crippen molar-refractivity contribution >= 4 is 77.2 Å². The quantitative estimate of drug-likeness (QED) is 0.138. The minimum absolute atomic E-state index is 0.996. The second-order valence-electron chi connectivity index (χ2n) is 15.3. The Morgan fingerprint density at radius 2 is 0.790 bits per heavy atom. The van der Waals surface area contributed by atoms with Gasteiger partial charge in [0, 0.05) is 80.6 Å². The number of hydrogen-bond acceptors (Lipinski definition) is 6. The van der Waals surface area contributed by atoms with E-state index in [-0.39, 0.29) is 0 Å². The molecular weight excluding hydrogens is 797 g/mol. The molecule has 5 aromatic carbocycles. The maximum absolute atomic E-state index is 4.50. The van der Waals surface area contributed by atoms with Gasteiger partial charge in [0.15, 0.2) is 0 Å². The second kappa shape index (κ2) is 15.8. The second-order valence-corrected chi connectivity index (χ2v) is 17.1. The van der Waals surface area contributed by atoms with Crippen LogP contribution >= 0.6 is 22.7 Å². The first-order valence-corrected chi connectivity index (χ1v) is 22.3. The molecule has 6 aromatic heterocycles. The number of nitrogens with zero attached hydrogens (tertiary/aromatic N) is 6. The van der Waals surface area contributed by atoms with Gasteiger partial charge < -0.3 is 9.13 Å². The Hall–Kier alpha value is -7.52. The minimum Gasteiger partial charge on any atom is -0.330 e. The number of thiophene rings is 2. The van der Waals surface area contributed by atoms with Crippen LogP contribution in [0.2, 0.25) is 0 Å². The number of aromatic nitrogens is 4. The number of rotatable bonds is 10. The van der Waals surface area contributed by atoms with Crippen molar-refractivity contribution in [2.75, 3.05) is 9.80 Å². The summed E-state index contributed by atoms with van der Waals surface area (Å²) >= 11 is 3.58. The molecule has 62 heavy (non-hydrogen) atoms. The molecule has 0 radical (unpaired) electrons. The van der Waals surface area contributed by atoms with Gasteiger partial charge in [-0.25, -0.2) is 0 Å². The van der Waals surface area contributed by atoms with Crippen molar-refractivity contribution in [3.63, 3.8) is 0 Å². The van der Waals surface area contributed by atoms with E-state index in [1.54, 1.807) is 22.7 Å². The van der Waals surface area contributed by atoms with Crippen molar-refractivity contribution in [2.24, 2.45) is 14.1 Å². The number of fused-ring (bicyclic) bond motifs is 2.